The molecule has 0 aliphatic carbocycles. The summed E-state index contributed by atoms with van der Waals surface area (Å²) >= 11 is 0. The highest BCUT2D eigenvalue weighted by molar-refractivity contribution is 5.49. The molecule has 0 radical (unpaired) electrons. The molecule has 2 aliphatic heterocycles. The van der Waals surface area contributed by atoms with Gasteiger partial charge in [-0.1, -0.05) is 0 Å². The standard InChI is InChI=1S/C14H15F2N3O/c1-17-14-11(15)4-9(5-12(14)16)13-7-19-3-2-18-6-10(19)8-20-13/h4-5,10,13,18H,2-3,6-8H2/t10-,13-/m1/s1. The molecule has 2 heterocycles. The van der Waals surface area contributed by atoms with Crippen molar-refractivity contribution < 1.29 is 13.5 Å². The third-order valence-corrected chi connectivity index (χ3v) is 3.89. The zero-order valence-electron chi connectivity index (χ0n) is 10.9. The lowest BCUT2D eigenvalue weighted by Gasteiger charge is -2.42. The minimum atomic E-state index is -0.818. The molecule has 0 saturated carbocycles. The lowest BCUT2D eigenvalue weighted by atomic mass is 10.0. The van der Waals surface area contributed by atoms with E-state index in [1.165, 1.54) is 12.1 Å². The third-order valence-electron chi connectivity index (χ3n) is 3.89. The number of piperazine rings is 1. The highest BCUT2D eigenvalue weighted by Crippen LogP contribution is 2.30. The Morgan fingerprint density at radius 3 is 2.80 bits per heavy atom. The molecule has 0 spiro atoms. The number of halogens is 2. The van der Waals surface area contributed by atoms with Gasteiger partial charge in [-0.05, 0) is 17.7 Å². The van der Waals surface area contributed by atoms with E-state index in [2.05, 4.69) is 15.1 Å². The fraction of sp³-hybridized carbons (Fsp3) is 0.500. The molecule has 4 nitrogen and oxygen atoms in total. The number of fused-ring (bicyclic) bond motifs is 1. The molecule has 2 atom stereocenters. The van der Waals surface area contributed by atoms with Crippen molar-refractivity contribution in [3.8, 4) is 0 Å². The third kappa shape index (κ3) is 2.40. The molecule has 2 aliphatic rings. The summed E-state index contributed by atoms with van der Waals surface area (Å²) in [7, 11) is 0. The quantitative estimate of drug-likeness (QED) is 0.796. The Bertz CT molecular complexity index is 535. The van der Waals surface area contributed by atoms with Crippen LogP contribution in [0.5, 0.6) is 0 Å². The summed E-state index contributed by atoms with van der Waals surface area (Å²) in [5.41, 5.74) is -0.0889. The van der Waals surface area contributed by atoms with Gasteiger partial charge in [-0.2, -0.15) is 0 Å². The summed E-state index contributed by atoms with van der Waals surface area (Å²) < 4.78 is 33.1. The van der Waals surface area contributed by atoms with Gasteiger partial charge in [-0.3, -0.25) is 4.90 Å². The Hall–Kier alpha value is -1.55. The Balaban J connectivity index is 1.82. The van der Waals surface area contributed by atoms with Crippen molar-refractivity contribution in [3.05, 3.63) is 40.7 Å². The molecule has 20 heavy (non-hydrogen) atoms. The van der Waals surface area contributed by atoms with Crippen LogP contribution in [0.2, 0.25) is 0 Å². The number of morpholine rings is 1. The van der Waals surface area contributed by atoms with E-state index in [4.69, 9.17) is 11.3 Å². The molecule has 2 fully saturated rings. The van der Waals surface area contributed by atoms with E-state index in [0.29, 0.717) is 24.8 Å². The maximum Gasteiger partial charge on any atom is 0.256 e. The molecule has 1 aromatic carbocycles. The smallest absolute Gasteiger partial charge is 0.256 e. The first-order valence-corrected chi connectivity index (χ1v) is 6.62. The van der Waals surface area contributed by atoms with Gasteiger partial charge < -0.3 is 10.1 Å². The normalized spacial score (nSPS) is 26.9. The van der Waals surface area contributed by atoms with Gasteiger partial charge in [0.25, 0.3) is 5.69 Å². The number of ether oxygens (including phenoxy) is 1. The molecular weight excluding hydrogens is 264 g/mol. The van der Waals surface area contributed by atoms with Crippen molar-refractivity contribution in [2.45, 2.75) is 12.1 Å². The van der Waals surface area contributed by atoms with Crippen molar-refractivity contribution in [1.82, 2.24) is 10.2 Å². The predicted molar refractivity (Wildman–Crippen MR) is 69.5 cm³/mol. The van der Waals surface area contributed by atoms with E-state index in [1.54, 1.807) is 0 Å². The summed E-state index contributed by atoms with van der Waals surface area (Å²) in [6.07, 6.45) is -0.340. The fourth-order valence-electron chi connectivity index (χ4n) is 2.78. The van der Waals surface area contributed by atoms with Crippen LogP contribution in [0, 0.1) is 18.2 Å². The number of rotatable bonds is 1. The predicted octanol–water partition coefficient (Wildman–Crippen LogP) is 1.86. The van der Waals surface area contributed by atoms with E-state index in [0.717, 1.165) is 19.6 Å². The van der Waals surface area contributed by atoms with Gasteiger partial charge in [0.1, 0.15) is 11.6 Å². The van der Waals surface area contributed by atoms with Gasteiger partial charge >= 0.3 is 0 Å². The van der Waals surface area contributed by atoms with E-state index in [-0.39, 0.29) is 6.10 Å². The van der Waals surface area contributed by atoms with Crippen LogP contribution >= 0.6 is 0 Å². The van der Waals surface area contributed by atoms with Gasteiger partial charge in [-0.15, -0.1) is 0 Å². The molecule has 0 bridgehead atoms. The number of nitrogens with zero attached hydrogens (tertiary/aromatic N) is 2. The van der Waals surface area contributed by atoms with Crippen molar-refractivity contribution in [3.63, 3.8) is 0 Å². The van der Waals surface area contributed by atoms with Crippen molar-refractivity contribution in [2.24, 2.45) is 0 Å². The van der Waals surface area contributed by atoms with Crippen molar-refractivity contribution in [2.75, 3.05) is 32.8 Å². The number of hydrogen-bond donors (Lipinski definition) is 1. The maximum absolute atomic E-state index is 13.7. The van der Waals surface area contributed by atoms with Crippen LogP contribution in [0.3, 0.4) is 0 Å². The van der Waals surface area contributed by atoms with Gasteiger partial charge in [0.15, 0.2) is 0 Å². The first kappa shape index (κ1) is 13.4. The largest absolute Gasteiger partial charge is 0.371 e. The van der Waals surface area contributed by atoms with E-state index < -0.39 is 17.3 Å². The molecule has 0 unspecified atom stereocenters. The van der Waals surface area contributed by atoms with Crippen LogP contribution in [0.4, 0.5) is 14.5 Å². The minimum absolute atomic E-state index is 0.331. The van der Waals surface area contributed by atoms with E-state index in [9.17, 15) is 8.78 Å². The fourth-order valence-corrected chi connectivity index (χ4v) is 2.78. The molecule has 1 aromatic rings. The molecule has 0 aromatic heterocycles. The summed E-state index contributed by atoms with van der Waals surface area (Å²) in [5, 5.41) is 3.30. The van der Waals surface area contributed by atoms with Gasteiger partial charge in [0.05, 0.1) is 19.3 Å². The van der Waals surface area contributed by atoms with Gasteiger partial charge in [0.2, 0.25) is 0 Å². The van der Waals surface area contributed by atoms with Crippen molar-refractivity contribution >= 4 is 5.69 Å². The first-order valence-electron chi connectivity index (χ1n) is 6.62. The Labute approximate surface area is 116 Å². The Morgan fingerprint density at radius 2 is 2.10 bits per heavy atom. The van der Waals surface area contributed by atoms with E-state index >= 15 is 0 Å². The second-order valence-corrected chi connectivity index (χ2v) is 5.12. The molecular formula is C14H15F2N3O. The highest BCUT2D eigenvalue weighted by Gasteiger charge is 2.32. The van der Waals surface area contributed by atoms with Crippen LogP contribution in [-0.2, 0) is 4.74 Å². The molecule has 2 saturated heterocycles. The number of nitrogens with one attached hydrogen (secondary N) is 1. The summed E-state index contributed by atoms with van der Waals surface area (Å²) in [5.74, 6) is -1.64. The topological polar surface area (TPSA) is 28.9 Å². The Morgan fingerprint density at radius 1 is 1.35 bits per heavy atom. The summed E-state index contributed by atoms with van der Waals surface area (Å²) in [6.45, 7) is 10.6. The van der Waals surface area contributed by atoms with Crippen molar-refractivity contribution in [1.29, 1.82) is 0 Å². The molecule has 1 N–H and O–H groups in total. The van der Waals surface area contributed by atoms with Gasteiger partial charge in [-0.25, -0.2) is 13.6 Å². The molecule has 3 rings (SSSR count). The van der Waals surface area contributed by atoms with Crippen LogP contribution < -0.4 is 5.32 Å². The zero-order valence-corrected chi connectivity index (χ0v) is 10.9. The van der Waals surface area contributed by atoms with Gasteiger partial charge in [0, 0.05) is 32.2 Å². The van der Waals surface area contributed by atoms with Crippen LogP contribution in [-0.4, -0.2) is 43.7 Å². The lowest BCUT2D eigenvalue weighted by Crippen LogP contribution is -2.57. The Kier molecular flexibility index (Phi) is 3.66. The average Bonchev–Trinajstić information content (AvgIpc) is 2.46. The van der Waals surface area contributed by atoms with E-state index in [1.807, 2.05) is 0 Å². The molecule has 0 amide bonds. The second-order valence-electron chi connectivity index (χ2n) is 5.12. The maximum atomic E-state index is 13.7. The highest BCUT2D eigenvalue weighted by atomic mass is 19.1. The summed E-state index contributed by atoms with van der Waals surface area (Å²) in [4.78, 5) is 5.14. The number of benzene rings is 1. The average molecular weight is 279 g/mol. The minimum Gasteiger partial charge on any atom is -0.371 e. The van der Waals surface area contributed by atoms with Crippen LogP contribution in [0.1, 0.15) is 11.7 Å². The molecule has 106 valence electrons. The monoisotopic (exact) mass is 279 g/mol. The number of hydrogen-bond acceptors (Lipinski definition) is 3. The first-order chi connectivity index (χ1) is 9.69. The zero-order chi connectivity index (χ0) is 14.1. The molecule has 6 heteroatoms. The SMILES string of the molecule is [C-]#[N+]c1c(F)cc([C@H]2CN3CCNC[C@@H]3CO2)cc1F. The van der Waals surface area contributed by atoms with Crippen LogP contribution in [0.15, 0.2) is 12.1 Å². The lowest BCUT2D eigenvalue weighted by molar-refractivity contribution is -0.0719. The van der Waals surface area contributed by atoms with Crippen LogP contribution in [0.25, 0.3) is 4.85 Å². The second kappa shape index (κ2) is 5.44. The summed E-state index contributed by atoms with van der Waals surface area (Å²) in [6, 6.07) is 2.75.